The van der Waals surface area contributed by atoms with Crippen LogP contribution in [0.2, 0.25) is 0 Å². The average molecular weight is 452 g/mol. The number of hydrogen-bond donors (Lipinski definition) is 2. The van der Waals surface area contributed by atoms with Gasteiger partial charge in [-0.3, -0.25) is 9.69 Å². The Kier molecular flexibility index (Phi) is 6.87. The van der Waals surface area contributed by atoms with E-state index in [2.05, 4.69) is 20.4 Å². The molecule has 1 aromatic carbocycles. The molecule has 2 aromatic rings. The van der Waals surface area contributed by atoms with E-state index < -0.39 is 24.5 Å². The van der Waals surface area contributed by atoms with Crippen molar-refractivity contribution in [1.82, 2.24) is 10.3 Å². The first-order valence-corrected chi connectivity index (χ1v) is 9.84. The molecule has 8 nitrogen and oxygen atoms in total. The minimum atomic E-state index is -4.80. The van der Waals surface area contributed by atoms with Crippen molar-refractivity contribution < 1.29 is 32.2 Å². The van der Waals surface area contributed by atoms with Crippen molar-refractivity contribution in [3.05, 3.63) is 47.7 Å². The number of nitrogens with zero attached hydrogens (tertiary/aromatic N) is 2. The summed E-state index contributed by atoms with van der Waals surface area (Å²) >= 11 is 0. The SMILES string of the molecule is CCC(OC)C(NC(=O)N1CC(=O)Nc2cc(C)cnc21)c1ccc(OC(F)(F)F)cc1. The Bertz CT molecular complexity index is 978. The largest absolute Gasteiger partial charge is 0.573 e. The van der Waals surface area contributed by atoms with Crippen LogP contribution in [-0.4, -0.2) is 43.0 Å². The fourth-order valence-corrected chi connectivity index (χ4v) is 3.46. The summed E-state index contributed by atoms with van der Waals surface area (Å²) in [5.41, 5.74) is 1.75. The molecule has 32 heavy (non-hydrogen) atoms. The maximum absolute atomic E-state index is 13.1. The van der Waals surface area contributed by atoms with Gasteiger partial charge in [-0.25, -0.2) is 9.78 Å². The molecule has 0 saturated heterocycles. The molecular weight excluding hydrogens is 429 g/mol. The van der Waals surface area contributed by atoms with Crippen LogP contribution in [0.25, 0.3) is 0 Å². The van der Waals surface area contributed by atoms with Gasteiger partial charge in [-0.05, 0) is 42.7 Å². The number of carbonyl (C=O) groups is 2. The van der Waals surface area contributed by atoms with Crippen LogP contribution in [0, 0.1) is 6.92 Å². The number of halogens is 3. The maximum atomic E-state index is 13.1. The van der Waals surface area contributed by atoms with E-state index >= 15 is 0 Å². The monoisotopic (exact) mass is 452 g/mol. The Hall–Kier alpha value is -3.34. The van der Waals surface area contributed by atoms with Crippen LogP contribution in [0.3, 0.4) is 0 Å². The number of amides is 3. The van der Waals surface area contributed by atoms with E-state index in [0.29, 0.717) is 23.5 Å². The van der Waals surface area contributed by atoms with Crippen LogP contribution in [0.15, 0.2) is 36.5 Å². The van der Waals surface area contributed by atoms with E-state index in [-0.39, 0.29) is 18.2 Å². The highest BCUT2D eigenvalue weighted by Gasteiger charge is 2.33. The lowest BCUT2D eigenvalue weighted by molar-refractivity contribution is -0.274. The second-order valence-electron chi connectivity index (χ2n) is 7.24. The highest BCUT2D eigenvalue weighted by atomic mass is 19.4. The Morgan fingerprint density at radius 1 is 1.31 bits per heavy atom. The number of alkyl halides is 3. The molecule has 0 saturated carbocycles. The van der Waals surface area contributed by atoms with Crippen LogP contribution in [0.5, 0.6) is 5.75 Å². The number of ether oxygens (including phenoxy) is 2. The summed E-state index contributed by atoms with van der Waals surface area (Å²) in [5, 5.41) is 5.51. The summed E-state index contributed by atoms with van der Waals surface area (Å²) in [7, 11) is 1.47. The lowest BCUT2D eigenvalue weighted by Gasteiger charge is -2.32. The molecule has 2 unspecified atom stereocenters. The van der Waals surface area contributed by atoms with Gasteiger partial charge >= 0.3 is 12.4 Å². The predicted molar refractivity (Wildman–Crippen MR) is 110 cm³/mol. The zero-order valence-corrected chi connectivity index (χ0v) is 17.7. The van der Waals surface area contributed by atoms with E-state index in [1.807, 2.05) is 13.8 Å². The van der Waals surface area contributed by atoms with Gasteiger partial charge in [0.1, 0.15) is 12.3 Å². The number of hydrogen-bond acceptors (Lipinski definition) is 5. The minimum absolute atomic E-state index is 0.232. The third-order valence-electron chi connectivity index (χ3n) is 4.91. The standard InChI is InChI=1S/C21H23F3N4O4/c1-4-16(31-3)18(13-5-7-14(8-6-13)32-21(22,23)24)27-20(30)28-11-17(29)26-15-9-12(2)10-25-19(15)28/h5-10,16,18H,4,11H2,1-3H3,(H,26,29)(H,27,30). The van der Waals surface area contributed by atoms with Crippen molar-refractivity contribution in [1.29, 1.82) is 0 Å². The number of fused-ring (bicyclic) bond motifs is 1. The molecule has 0 aliphatic carbocycles. The molecule has 0 radical (unpaired) electrons. The molecule has 11 heteroatoms. The van der Waals surface area contributed by atoms with Crippen LogP contribution in [0.1, 0.15) is 30.5 Å². The minimum Gasteiger partial charge on any atom is -0.406 e. The molecule has 1 aromatic heterocycles. The fourth-order valence-electron chi connectivity index (χ4n) is 3.46. The lowest BCUT2D eigenvalue weighted by atomic mass is 9.99. The number of benzene rings is 1. The summed E-state index contributed by atoms with van der Waals surface area (Å²) in [4.78, 5) is 30.7. The van der Waals surface area contributed by atoms with Crippen molar-refractivity contribution >= 4 is 23.4 Å². The summed E-state index contributed by atoms with van der Waals surface area (Å²) in [6, 6.07) is 5.60. The van der Waals surface area contributed by atoms with Crippen LogP contribution in [0.4, 0.5) is 29.5 Å². The highest BCUT2D eigenvalue weighted by Crippen LogP contribution is 2.30. The fraction of sp³-hybridized carbons (Fsp3) is 0.381. The van der Waals surface area contributed by atoms with Crippen molar-refractivity contribution in [3.63, 3.8) is 0 Å². The molecule has 1 aliphatic heterocycles. The summed E-state index contributed by atoms with van der Waals surface area (Å²) in [5.74, 6) is -0.451. The molecule has 2 heterocycles. The number of methoxy groups -OCH3 is 1. The van der Waals surface area contributed by atoms with Crippen molar-refractivity contribution in [2.24, 2.45) is 0 Å². The van der Waals surface area contributed by atoms with Crippen molar-refractivity contribution in [2.45, 2.75) is 38.8 Å². The molecule has 3 rings (SSSR count). The zero-order chi connectivity index (χ0) is 23.5. The van der Waals surface area contributed by atoms with Crippen LogP contribution >= 0.6 is 0 Å². The number of nitrogens with one attached hydrogen (secondary N) is 2. The summed E-state index contributed by atoms with van der Waals surface area (Å²) < 4.78 is 46.7. The number of carbonyl (C=O) groups excluding carboxylic acids is 2. The third-order valence-corrected chi connectivity index (χ3v) is 4.91. The van der Waals surface area contributed by atoms with E-state index in [1.165, 1.54) is 36.3 Å². The number of anilines is 2. The number of pyridine rings is 1. The quantitative estimate of drug-likeness (QED) is 0.693. The molecule has 0 spiro atoms. The van der Waals surface area contributed by atoms with Gasteiger partial charge in [0.05, 0.1) is 17.8 Å². The molecule has 2 N–H and O–H groups in total. The molecule has 3 amide bonds. The summed E-state index contributed by atoms with van der Waals surface area (Å²) in [6.07, 6.45) is -3.19. The van der Waals surface area contributed by atoms with Gasteiger partial charge < -0.3 is 20.1 Å². The lowest BCUT2D eigenvalue weighted by Crippen LogP contribution is -2.50. The van der Waals surface area contributed by atoms with E-state index in [9.17, 15) is 22.8 Å². The van der Waals surface area contributed by atoms with E-state index in [1.54, 1.807) is 12.3 Å². The number of urea groups is 1. The Morgan fingerprint density at radius 3 is 2.59 bits per heavy atom. The first-order valence-electron chi connectivity index (χ1n) is 9.84. The predicted octanol–water partition coefficient (Wildman–Crippen LogP) is 3.92. The maximum Gasteiger partial charge on any atom is 0.573 e. The van der Waals surface area contributed by atoms with Gasteiger partial charge in [0.2, 0.25) is 5.91 Å². The van der Waals surface area contributed by atoms with Gasteiger partial charge in [-0.15, -0.1) is 13.2 Å². The number of rotatable bonds is 6. The molecule has 2 atom stereocenters. The third kappa shape index (κ3) is 5.47. The van der Waals surface area contributed by atoms with Crippen LogP contribution in [-0.2, 0) is 9.53 Å². The topological polar surface area (TPSA) is 92.8 Å². The average Bonchev–Trinajstić information content (AvgIpc) is 2.72. The van der Waals surface area contributed by atoms with Gasteiger partial charge in [0.15, 0.2) is 5.82 Å². The van der Waals surface area contributed by atoms with Crippen molar-refractivity contribution in [3.8, 4) is 5.75 Å². The van der Waals surface area contributed by atoms with E-state index in [0.717, 1.165) is 5.56 Å². The number of aromatic nitrogens is 1. The zero-order valence-electron chi connectivity index (χ0n) is 17.7. The molecule has 172 valence electrons. The Morgan fingerprint density at radius 2 is 2.00 bits per heavy atom. The normalized spacial score (nSPS) is 15.4. The molecule has 1 aliphatic rings. The van der Waals surface area contributed by atoms with Gasteiger partial charge in [0, 0.05) is 13.3 Å². The second kappa shape index (κ2) is 9.43. The highest BCUT2D eigenvalue weighted by molar-refractivity contribution is 6.08. The Labute approximate surface area is 182 Å². The van der Waals surface area contributed by atoms with Gasteiger partial charge in [-0.1, -0.05) is 19.1 Å². The first kappa shape index (κ1) is 23.3. The van der Waals surface area contributed by atoms with Crippen LogP contribution < -0.4 is 20.3 Å². The second-order valence-corrected chi connectivity index (χ2v) is 7.24. The molecule has 0 fully saturated rings. The Balaban J connectivity index is 1.87. The van der Waals surface area contributed by atoms with Crippen molar-refractivity contribution in [2.75, 3.05) is 23.9 Å². The van der Waals surface area contributed by atoms with Gasteiger partial charge in [-0.2, -0.15) is 0 Å². The summed E-state index contributed by atoms with van der Waals surface area (Å²) in [6.45, 7) is 3.43. The molecule has 0 bridgehead atoms. The van der Waals surface area contributed by atoms with Gasteiger partial charge in [0.25, 0.3) is 0 Å². The number of aryl methyl sites for hydroxylation is 1. The molecular formula is C21H23F3N4O4. The smallest absolute Gasteiger partial charge is 0.406 e. The first-order chi connectivity index (χ1) is 15.1. The van der Waals surface area contributed by atoms with E-state index in [4.69, 9.17) is 4.74 Å².